The van der Waals surface area contributed by atoms with Crippen molar-refractivity contribution in [2.75, 3.05) is 39.8 Å². The number of aliphatic imine (C=N–C) groups is 1. The summed E-state index contributed by atoms with van der Waals surface area (Å²) in [5, 5.41) is 13.4. The first-order chi connectivity index (χ1) is 11.7. The van der Waals surface area contributed by atoms with E-state index >= 15 is 0 Å². The predicted octanol–water partition coefficient (Wildman–Crippen LogP) is 2.00. The van der Waals surface area contributed by atoms with Crippen molar-refractivity contribution in [1.29, 1.82) is 0 Å². The number of rotatable bonds is 4. The number of nitrogens with one attached hydrogen (secondary N) is 1. The van der Waals surface area contributed by atoms with Gasteiger partial charge in [-0.3, -0.25) is 9.89 Å². The van der Waals surface area contributed by atoms with Gasteiger partial charge in [0.05, 0.1) is 6.10 Å². The summed E-state index contributed by atoms with van der Waals surface area (Å²) in [6.45, 7) is 4.27. The van der Waals surface area contributed by atoms with E-state index in [1.165, 1.54) is 12.1 Å². The number of aliphatic hydroxyl groups is 1. The van der Waals surface area contributed by atoms with Gasteiger partial charge in [0.2, 0.25) is 0 Å². The van der Waals surface area contributed by atoms with Gasteiger partial charge < -0.3 is 15.3 Å². The van der Waals surface area contributed by atoms with Gasteiger partial charge in [-0.25, -0.2) is 4.39 Å². The van der Waals surface area contributed by atoms with Crippen molar-refractivity contribution in [2.45, 2.75) is 18.6 Å². The average molecular weight is 460 g/mol. The molecule has 2 heterocycles. The van der Waals surface area contributed by atoms with Crippen molar-refractivity contribution in [1.82, 2.24) is 15.1 Å². The zero-order valence-electron chi connectivity index (χ0n) is 14.4. The Balaban J connectivity index is 0.00000225. The largest absolute Gasteiger partial charge is 0.387 e. The Morgan fingerprint density at radius 3 is 2.84 bits per heavy atom. The number of guanidine groups is 1. The van der Waals surface area contributed by atoms with Gasteiger partial charge in [0.15, 0.2) is 5.96 Å². The fraction of sp³-hybridized carbons (Fsp3) is 0.500. The first-order valence-corrected chi connectivity index (χ1v) is 8.45. The van der Waals surface area contributed by atoms with Crippen LogP contribution in [-0.4, -0.2) is 66.7 Å². The van der Waals surface area contributed by atoms with Crippen LogP contribution in [-0.2, 0) is 0 Å². The maximum absolute atomic E-state index is 13.3. The summed E-state index contributed by atoms with van der Waals surface area (Å²) in [5.74, 6) is 0.456. The Morgan fingerprint density at radius 2 is 2.16 bits per heavy atom. The van der Waals surface area contributed by atoms with Crippen molar-refractivity contribution in [3.63, 3.8) is 0 Å². The standard InChI is InChI=1S/C18H25FN4O.HI/c1-20-18(21-12-17(24)14-5-4-6-15(19)11-14)23-10-7-16(13-23)22-8-2-3-9-22;/h2-6,11,16-17,24H,7-10,12-13H2,1H3,(H,20,21);1H. The molecule has 0 spiro atoms. The van der Waals surface area contributed by atoms with Gasteiger partial charge in [-0.1, -0.05) is 24.3 Å². The van der Waals surface area contributed by atoms with Crippen LogP contribution in [0.25, 0.3) is 0 Å². The molecule has 2 atom stereocenters. The normalized spacial score (nSPS) is 22.1. The molecular formula is C18H26FIN4O. The van der Waals surface area contributed by atoms with E-state index in [9.17, 15) is 9.50 Å². The third-order valence-electron chi connectivity index (χ3n) is 4.72. The molecule has 1 aromatic rings. The molecule has 0 aromatic heterocycles. The number of benzene rings is 1. The molecule has 138 valence electrons. The first-order valence-electron chi connectivity index (χ1n) is 8.45. The van der Waals surface area contributed by atoms with Crippen LogP contribution in [0.3, 0.4) is 0 Å². The second kappa shape index (κ2) is 9.49. The van der Waals surface area contributed by atoms with Crippen molar-refractivity contribution in [2.24, 2.45) is 4.99 Å². The lowest BCUT2D eigenvalue weighted by Gasteiger charge is -2.26. The van der Waals surface area contributed by atoms with E-state index < -0.39 is 6.10 Å². The van der Waals surface area contributed by atoms with E-state index in [4.69, 9.17) is 0 Å². The van der Waals surface area contributed by atoms with E-state index in [0.717, 1.165) is 38.6 Å². The lowest BCUT2D eigenvalue weighted by molar-refractivity contribution is 0.179. The highest BCUT2D eigenvalue weighted by Crippen LogP contribution is 2.18. The molecule has 3 rings (SSSR count). The minimum Gasteiger partial charge on any atom is -0.387 e. The van der Waals surface area contributed by atoms with Gasteiger partial charge >= 0.3 is 0 Å². The van der Waals surface area contributed by atoms with E-state index in [1.807, 2.05) is 0 Å². The van der Waals surface area contributed by atoms with Crippen molar-refractivity contribution in [3.05, 3.63) is 47.8 Å². The zero-order chi connectivity index (χ0) is 16.9. The third-order valence-corrected chi connectivity index (χ3v) is 4.72. The van der Waals surface area contributed by atoms with Crippen LogP contribution in [0.5, 0.6) is 0 Å². The number of likely N-dealkylation sites (tertiary alicyclic amines) is 1. The summed E-state index contributed by atoms with van der Waals surface area (Å²) >= 11 is 0. The van der Waals surface area contributed by atoms with Gasteiger partial charge in [-0.05, 0) is 24.1 Å². The van der Waals surface area contributed by atoms with Crippen LogP contribution in [0.2, 0.25) is 0 Å². The zero-order valence-corrected chi connectivity index (χ0v) is 16.8. The van der Waals surface area contributed by atoms with Crippen molar-refractivity contribution >= 4 is 29.9 Å². The lowest BCUT2D eigenvalue weighted by Crippen LogP contribution is -2.43. The summed E-state index contributed by atoms with van der Waals surface area (Å²) in [4.78, 5) is 9.02. The molecule has 2 aliphatic heterocycles. The molecule has 0 aliphatic carbocycles. The lowest BCUT2D eigenvalue weighted by atomic mass is 10.1. The van der Waals surface area contributed by atoms with Crippen molar-refractivity contribution < 1.29 is 9.50 Å². The number of hydrogen-bond acceptors (Lipinski definition) is 3. The molecule has 2 aliphatic rings. The molecule has 2 N–H and O–H groups in total. The average Bonchev–Trinajstić information content (AvgIpc) is 3.26. The van der Waals surface area contributed by atoms with E-state index in [0.29, 0.717) is 18.2 Å². The topological polar surface area (TPSA) is 51.1 Å². The molecule has 0 radical (unpaired) electrons. The minimum absolute atomic E-state index is 0. The molecule has 1 saturated heterocycles. The van der Waals surface area contributed by atoms with Crippen LogP contribution in [0.4, 0.5) is 4.39 Å². The maximum Gasteiger partial charge on any atom is 0.193 e. The second-order valence-electron chi connectivity index (χ2n) is 6.31. The highest BCUT2D eigenvalue weighted by atomic mass is 127. The molecule has 0 bridgehead atoms. The van der Waals surface area contributed by atoms with Crippen LogP contribution < -0.4 is 5.32 Å². The fourth-order valence-corrected chi connectivity index (χ4v) is 3.38. The molecule has 2 unspecified atom stereocenters. The van der Waals surface area contributed by atoms with Crippen LogP contribution in [0.1, 0.15) is 18.1 Å². The fourth-order valence-electron chi connectivity index (χ4n) is 3.38. The highest BCUT2D eigenvalue weighted by molar-refractivity contribution is 14.0. The van der Waals surface area contributed by atoms with Gasteiger partial charge in [0, 0.05) is 45.8 Å². The summed E-state index contributed by atoms with van der Waals surface area (Å²) in [7, 11) is 1.75. The monoisotopic (exact) mass is 460 g/mol. The summed E-state index contributed by atoms with van der Waals surface area (Å²) in [6, 6.07) is 6.62. The molecular weight excluding hydrogens is 434 g/mol. The Hall–Kier alpha value is -1.19. The molecule has 25 heavy (non-hydrogen) atoms. The molecule has 0 saturated carbocycles. The first kappa shape index (κ1) is 20.1. The molecule has 0 amide bonds. The SMILES string of the molecule is CN=C(NCC(O)c1cccc(F)c1)N1CCC(N2CC=CC2)C1.I. The van der Waals surface area contributed by atoms with E-state index in [2.05, 4.69) is 32.3 Å². The van der Waals surface area contributed by atoms with E-state index in [-0.39, 0.29) is 29.8 Å². The Bertz CT molecular complexity index is 617. The molecule has 7 heteroatoms. The summed E-state index contributed by atoms with van der Waals surface area (Å²) < 4.78 is 13.3. The van der Waals surface area contributed by atoms with Gasteiger partial charge in [-0.15, -0.1) is 24.0 Å². The Morgan fingerprint density at radius 1 is 1.40 bits per heavy atom. The number of halogens is 2. The Labute approximate surface area is 165 Å². The van der Waals surface area contributed by atoms with Gasteiger partial charge in [0.25, 0.3) is 0 Å². The van der Waals surface area contributed by atoms with E-state index in [1.54, 1.807) is 19.2 Å². The Kier molecular flexibility index (Phi) is 7.64. The minimum atomic E-state index is -0.765. The molecule has 5 nitrogen and oxygen atoms in total. The summed E-state index contributed by atoms with van der Waals surface area (Å²) in [5.41, 5.74) is 0.570. The molecule has 1 fully saturated rings. The van der Waals surface area contributed by atoms with Crippen LogP contribution in [0.15, 0.2) is 41.4 Å². The van der Waals surface area contributed by atoms with Gasteiger partial charge in [0.1, 0.15) is 5.82 Å². The van der Waals surface area contributed by atoms with Crippen LogP contribution in [0, 0.1) is 5.82 Å². The smallest absolute Gasteiger partial charge is 0.193 e. The molecule has 1 aromatic carbocycles. The third kappa shape index (κ3) is 5.15. The van der Waals surface area contributed by atoms with Gasteiger partial charge in [-0.2, -0.15) is 0 Å². The van der Waals surface area contributed by atoms with Crippen LogP contribution >= 0.6 is 24.0 Å². The number of aliphatic hydroxyl groups excluding tert-OH is 1. The summed E-state index contributed by atoms with van der Waals surface area (Å²) in [6.07, 6.45) is 4.78. The highest BCUT2D eigenvalue weighted by Gasteiger charge is 2.29. The quantitative estimate of drug-likeness (QED) is 0.313. The second-order valence-corrected chi connectivity index (χ2v) is 6.31. The number of hydrogen-bond donors (Lipinski definition) is 2. The number of nitrogens with zero attached hydrogens (tertiary/aromatic N) is 3. The van der Waals surface area contributed by atoms with Crippen molar-refractivity contribution in [3.8, 4) is 0 Å². The predicted molar refractivity (Wildman–Crippen MR) is 109 cm³/mol. The maximum atomic E-state index is 13.3.